The third-order valence-electron chi connectivity index (χ3n) is 4.84. The molecule has 2 aliphatic rings. The molecule has 1 fully saturated rings. The van der Waals surface area contributed by atoms with E-state index in [0.717, 1.165) is 5.92 Å². The minimum absolute atomic E-state index is 0.146. The Morgan fingerprint density at radius 1 is 1.29 bits per heavy atom. The number of alkyl halides is 2. The lowest BCUT2D eigenvalue weighted by Gasteiger charge is -2.27. The van der Waals surface area contributed by atoms with Crippen LogP contribution in [0.1, 0.15) is 71.1 Å². The summed E-state index contributed by atoms with van der Waals surface area (Å²) in [5, 5.41) is 0.146. The van der Waals surface area contributed by atoms with Crippen molar-refractivity contribution in [2.24, 2.45) is 11.3 Å². The Morgan fingerprint density at radius 3 is 2.48 bits per heavy atom. The van der Waals surface area contributed by atoms with Crippen LogP contribution < -0.4 is 0 Å². The van der Waals surface area contributed by atoms with Gasteiger partial charge in [0.2, 0.25) is 0 Å². The van der Waals surface area contributed by atoms with Gasteiger partial charge in [0.05, 0.1) is 5.38 Å². The quantitative estimate of drug-likeness (QED) is 0.240. The molecular formula is C19H32Cl2. The predicted octanol–water partition coefficient (Wildman–Crippen LogP) is 7.11. The van der Waals surface area contributed by atoms with Gasteiger partial charge in [0.1, 0.15) is 0 Å². The minimum Gasteiger partial charge on any atom is -0.125 e. The summed E-state index contributed by atoms with van der Waals surface area (Å²) in [6, 6.07) is 0. The third-order valence-corrected chi connectivity index (χ3v) is 5.90. The minimum atomic E-state index is 0.146. The van der Waals surface area contributed by atoms with Crippen molar-refractivity contribution in [1.82, 2.24) is 0 Å². The topological polar surface area (TPSA) is 0 Å². The monoisotopic (exact) mass is 330 g/mol. The summed E-state index contributed by atoms with van der Waals surface area (Å²) in [5.74, 6) is 1.39. The number of allylic oxidation sites excluding steroid dienone is 3. The van der Waals surface area contributed by atoms with Crippen LogP contribution in [0.25, 0.3) is 0 Å². The average Bonchev–Trinajstić information content (AvgIpc) is 3.13. The van der Waals surface area contributed by atoms with Crippen LogP contribution in [0.5, 0.6) is 0 Å². The van der Waals surface area contributed by atoms with Gasteiger partial charge in [0.15, 0.2) is 0 Å². The Bertz CT molecular complexity index is 311. The van der Waals surface area contributed by atoms with Crippen molar-refractivity contribution in [2.45, 2.75) is 76.5 Å². The number of halogens is 2. The van der Waals surface area contributed by atoms with Gasteiger partial charge in [-0.3, -0.25) is 0 Å². The van der Waals surface area contributed by atoms with Gasteiger partial charge in [-0.1, -0.05) is 57.3 Å². The molecule has 0 nitrogen and oxygen atoms in total. The number of hydrogen-bond donors (Lipinski definition) is 0. The van der Waals surface area contributed by atoms with Gasteiger partial charge in [-0.2, -0.15) is 0 Å². The van der Waals surface area contributed by atoms with E-state index in [-0.39, 0.29) is 10.8 Å². The molecule has 2 rings (SSSR count). The molecule has 122 valence electrons. The van der Waals surface area contributed by atoms with E-state index in [0.29, 0.717) is 5.88 Å². The fraction of sp³-hybridized carbons (Fsp3) is 0.789. The number of rotatable bonds is 9. The molecule has 2 aliphatic carbocycles. The summed E-state index contributed by atoms with van der Waals surface area (Å²) in [4.78, 5) is 0. The lowest BCUT2D eigenvalue weighted by atomic mass is 9.84. The zero-order valence-corrected chi connectivity index (χ0v) is 15.1. The van der Waals surface area contributed by atoms with Gasteiger partial charge < -0.3 is 0 Å². The third kappa shape index (κ3) is 6.37. The molecule has 0 aromatic carbocycles. The van der Waals surface area contributed by atoms with Gasteiger partial charge >= 0.3 is 0 Å². The smallest absolute Gasteiger partial charge is 0.0562 e. The summed E-state index contributed by atoms with van der Waals surface area (Å²) in [5.41, 5.74) is 0.272. The average molecular weight is 331 g/mol. The molecule has 0 aliphatic heterocycles. The first-order chi connectivity index (χ1) is 10.2. The van der Waals surface area contributed by atoms with Crippen LogP contribution in [0.15, 0.2) is 24.8 Å². The molecule has 0 amide bonds. The van der Waals surface area contributed by atoms with Crippen LogP contribution in [0, 0.1) is 11.3 Å². The molecule has 0 saturated heterocycles. The van der Waals surface area contributed by atoms with E-state index in [9.17, 15) is 0 Å². The van der Waals surface area contributed by atoms with Crippen molar-refractivity contribution >= 4 is 23.2 Å². The highest BCUT2D eigenvalue weighted by molar-refractivity contribution is 6.28. The van der Waals surface area contributed by atoms with E-state index in [4.69, 9.17) is 23.2 Å². The highest BCUT2D eigenvalue weighted by Crippen LogP contribution is 2.52. The van der Waals surface area contributed by atoms with Crippen molar-refractivity contribution < 1.29 is 0 Å². The zero-order chi connectivity index (χ0) is 15.6. The van der Waals surface area contributed by atoms with Crippen LogP contribution in [0.4, 0.5) is 0 Å². The highest BCUT2D eigenvalue weighted by Gasteiger charge is 2.45. The first-order valence-electron chi connectivity index (χ1n) is 8.68. The maximum Gasteiger partial charge on any atom is 0.0562 e. The molecule has 0 N–H and O–H groups in total. The Kier molecular flexibility index (Phi) is 9.76. The Balaban J connectivity index is 0.000000212. The standard InChI is InChI=1S/C10H20.C9H12Cl2/c1-3-5-7-9-10-8-6-4-2;10-6-8(11)9-3-1-7(5-9)2-4-9/h3H,1,4-10H2,2H3;1,3,7-8H,2,4-6H2. The molecule has 0 aromatic heterocycles. The first kappa shape index (κ1) is 19.1. The summed E-state index contributed by atoms with van der Waals surface area (Å²) in [6.45, 7) is 5.95. The van der Waals surface area contributed by atoms with Gasteiger partial charge in [-0.25, -0.2) is 0 Å². The summed E-state index contributed by atoms with van der Waals surface area (Å²) in [6.07, 6.45) is 20.0. The van der Waals surface area contributed by atoms with Gasteiger partial charge in [-0.05, 0) is 38.0 Å². The van der Waals surface area contributed by atoms with E-state index in [1.165, 1.54) is 64.2 Å². The fourth-order valence-electron chi connectivity index (χ4n) is 3.40. The molecule has 0 spiro atoms. The van der Waals surface area contributed by atoms with Crippen LogP contribution in [-0.4, -0.2) is 11.3 Å². The SMILES string of the molecule is C=CCCCCCCCC.ClCC(Cl)C12C=CC(CC1)C2. The molecule has 0 radical (unpaired) electrons. The number of unbranched alkanes of at least 4 members (excludes halogenated alkanes) is 6. The fourth-order valence-corrected chi connectivity index (χ4v) is 3.98. The van der Waals surface area contributed by atoms with Crippen molar-refractivity contribution in [1.29, 1.82) is 0 Å². The van der Waals surface area contributed by atoms with Gasteiger partial charge in [0.25, 0.3) is 0 Å². The molecule has 0 aromatic rings. The molecular weight excluding hydrogens is 299 g/mol. The van der Waals surface area contributed by atoms with E-state index in [1.54, 1.807) is 0 Å². The van der Waals surface area contributed by atoms with Crippen molar-refractivity contribution in [2.75, 3.05) is 5.88 Å². The second-order valence-electron chi connectivity index (χ2n) is 6.56. The number of fused-ring (bicyclic) bond motifs is 2. The normalized spacial score (nSPS) is 27.3. The maximum atomic E-state index is 6.17. The predicted molar refractivity (Wildman–Crippen MR) is 97.5 cm³/mol. The molecule has 1 saturated carbocycles. The molecule has 0 heterocycles. The first-order valence-corrected chi connectivity index (χ1v) is 9.66. The zero-order valence-electron chi connectivity index (χ0n) is 13.6. The van der Waals surface area contributed by atoms with E-state index in [2.05, 4.69) is 25.7 Å². The Hall–Kier alpha value is 0.0600. The summed E-state index contributed by atoms with van der Waals surface area (Å²) in [7, 11) is 0. The van der Waals surface area contributed by atoms with Crippen LogP contribution in [-0.2, 0) is 0 Å². The van der Waals surface area contributed by atoms with Crippen molar-refractivity contribution in [3.63, 3.8) is 0 Å². The lowest BCUT2D eigenvalue weighted by molar-refractivity contribution is 0.398. The van der Waals surface area contributed by atoms with Gasteiger partial charge in [0, 0.05) is 11.3 Å². The Labute approximate surface area is 142 Å². The van der Waals surface area contributed by atoms with Crippen molar-refractivity contribution in [3.05, 3.63) is 24.8 Å². The number of hydrogen-bond acceptors (Lipinski definition) is 0. The Morgan fingerprint density at radius 2 is 2.00 bits per heavy atom. The van der Waals surface area contributed by atoms with Crippen LogP contribution in [0.3, 0.4) is 0 Å². The molecule has 3 atom stereocenters. The molecule has 3 unspecified atom stereocenters. The van der Waals surface area contributed by atoms with Gasteiger partial charge in [-0.15, -0.1) is 29.8 Å². The molecule has 2 heteroatoms. The van der Waals surface area contributed by atoms with E-state index < -0.39 is 0 Å². The van der Waals surface area contributed by atoms with Crippen LogP contribution in [0.2, 0.25) is 0 Å². The second kappa shape index (κ2) is 10.7. The maximum absolute atomic E-state index is 6.17. The lowest BCUT2D eigenvalue weighted by Crippen LogP contribution is -2.26. The van der Waals surface area contributed by atoms with Crippen LogP contribution >= 0.6 is 23.2 Å². The van der Waals surface area contributed by atoms with E-state index in [1.807, 2.05) is 6.08 Å². The van der Waals surface area contributed by atoms with E-state index >= 15 is 0 Å². The highest BCUT2D eigenvalue weighted by atomic mass is 35.5. The second-order valence-corrected chi connectivity index (χ2v) is 7.40. The molecule has 21 heavy (non-hydrogen) atoms. The molecule has 2 bridgehead atoms. The summed E-state index contributed by atoms with van der Waals surface area (Å²) >= 11 is 11.9. The largest absolute Gasteiger partial charge is 0.125 e. The van der Waals surface area contributed by atoms with Crippen molar-refractivity contribution in [3.8, 4) is 0 Å². The summed E-state index contributed by atoms with van der Waals surface area (Å²) < 4.78 is 0.